The summed E-state index contributed by atoms with van der Waals surface area (Å²) < 4.78 is 0. The Hall–Kier alpha value is -0.770. The van der Waals surface area contributed by atoms with Crippen LogP contribution in [0.25, 0.3) is 0 Å². The maximum absolute atomic E-state index is 11.2. The predicted molar refractivity (Wildman–Crippen MR) is 44.6 cm³/mol. The van der Waals surface area contributed by atoms with Gasteiger partial charge < -0.3 is 10.6 Å². The molecule has 1 aliphatic heterocycles. The van der Waals surface area contributed by atoms with E-state index in [1.807, 2.05) is 0 Å². The van der Waals surface area contributed by atoms with E-state index >= 15 is 0 Å². The molecule has 2 amide bonds. The van der Waals surface area contributed by atoms with Crippen molar-refractivity contribution in [3.05, 3.63) is 0 Å². The van der Waals surface area contributed by atoms with Gasteiger partial charge in [0.1, 0.15) is 11.4 Å². The molecule has 0 spiro atoms. The Morgan fingerprint density at radius 1 is 1.67 bits per heavy atom. The van der Waals surface area contributed by atoms with Crippen LogP contribution in [0, 0.1) is 0 Å². The molecule has 0 saturated carbocycles. The Morgan fingerprint density at radius 3 is 2.50 bits per heavy atom. The summed E-state index contributed by atoms with van der Waals surface area (Å²) >= 11 is 5.56. The van der Waals surface area contributed by atoms with Crippen molar-refractivity contribution in [3.8, 4) is 0 Å². The molecule has 0 aromatic carbocycles. The Morgan fingerprint density at radius 2 is 2.25 bits per heavy atom. The van der Waals surface area contributed by atoms with Crippen molar-refractivity contribution in [2.75, 3.05) is 6.54 Å². The van der Waals surface area contributed by atoms with Crippen LogP contribution in [0.3, 0.4) is 0 Å². The van der Waals surface area contributed by atoms with Crippen LogP contribution >= 0.6 is 11.6 Å². The maximum Gasteiger partial charge on any atom is 0.241 e. The van der Waals surface area contributed by atoms with Crippen LogP contribution in [0.5, 0.6) is 0 Å². The molecule has 68 valence electrons. The lowest BCUT2D eigenvalue weighted by atomic mass is 10.0. The average Bonchev–Trinajstić information content (AvgIpc) is 1.82. The number of halogens is 1. The number of nitrogens with two attached hydrogens (primary N) is 1. The number of hydrogen-bond donors (Lipinski definition) is 1. The van der Waals surface area contributed by atoms with Crippen molar-refractivity contribution in [2.45, 2.75) is 24.8 Å². The van der Waals surface area contributed by atoms with E-state index in [0.29, 0.717) is 13.0 Å². The van der Waals surface area contributed by atoms with Crippen LogP contribution in [0.1, 0.15) is 13.3 Å². The number of alkyl halides is 1. The second-order valence-electron chi connectivity index (χ2n) is 2.85. The molecular formula is C7H11ClN2O2. The van der Waals surface area contributed by atoms with Crippen LogP contribution in [0.15, 0.2) is 0 Å². The van der Waals surface area contributed by atoms with E-state index < -0.39 is 17.3 Å². The van der Waals surface area contributed by atoms with Gasteiger partial charge in [-0.05, 0) is 13.3 Å². The number of likely N-dealkylation sites (tertiary alicyclic amines) is 1. The van der Waals surface area contributed by atoms with Gasteiger partial charge in [-0.1, -0.05) is 0 Å². The van der Waals surface area contributed by atoms with Gasteiger partial charge in [0.15, 0.2) is 0 Å². The molecule has 0 aromatic rings. The highest BCUT2D eigenvalue weighted by molar-refractivity contribution is 6.30. The first-order valence-electron chi connectivity index (χ1n) is 3.78. The fraction of sp³-hybridized carbons (Fsp3) is 0.714. The van der Waals surface area contributed by atoms with Gasteiger partial charge in [0.2, 0.25) is 11.8 Å². The summed E-state index contributed by atoms with van der Waals surface area (Å²) in [5.41, 5.74) is 5.05. The number of amides is 2. The highest BCUT2D eigenvalue weighted by atomic mass is 35.5. The van der Waals surface area contributed by atoms with Crippen LogP contribution in [0.4, 0.5) is 0 Å². The molecule has 2 N–H and O–H groups in total. The molecule has 2 atom stereocenters. The van der Waals surface area contributed by atoms with Crippen LogP contribution in [-0.2, 0) is 9.59 Å². The predicted octanol–water partition coefficient (Wildman–Crippen LogP) is -0.300. The van der Waals surface area contributed by atoms with Crippen LogP contribution in [-0.4, -0.2) is 34.7 Å². The Balaban J connectivity index is 2.55. The summed E-state index contributed by atoms with van der Waals surface area (Å²) in [6.07, 6.45) is 0.657. The van der Waals surface area contributed by atoms with E-state index in [-0.39, 0.29) is 5.91 Å². The SMILES string of the molecule is C[C@@H](Cl)C(=O)N1CCC1C(N)=O. The minimum absolute atomic E-state index is 0.216. The molecule has 1 aliphatic rings. The van der Waals surface area contributed by atoms with E-state index in [1.54, 1.807) is 6.92 Å². The van der Waals surface area contributed by atoms with Gasteiger partial charge in [-0.3, -0.25) is 9.59 Å². The van der Waals surface area contributed by atoms with Crippen molar-refractivity contribution in [3.63, 3.8) is 0 Å². The first kappa shape index (κ1) is 9.32. The lowest BCUT2D eigenvalue weighted by Crippen LogP contribution is -2.58. The summed E-state index contributed by atoms with van der Waals surface area (Å²) in [6, 6.07) is -0.432. The normalized spacial score (nSPS) is 24.5. The number of hydrogen-bond acceptors (Lipinski definition) is 2. The lowest BCUT2D eigenvalue weighted by molar-refractivity contribution is -0.145. The molecule has 0 bridgehead atoms. The molecule has 5 heteroatoms. The largest absolute Gasteiger partial charge is 0.368 e. The van der Waals surface area contributed by atoms with Gasteiger partial charge in [0.25, 0.3) is 0 Å². The number of rotatable bonds is 2. The molecule has 1 heterocycles. The molecule has 4 nitrogen and oxygen atoms in total. The van der Waals surface area contributed by atoms with Crippen molar-refractivity contribution in [1.82, 2.24) is 4.90 Å². The molecule has 1 rings (SSSR count). The summed E-state index contributed by atoms with van der Waals surface area (Å²) in [4.78, 5) is 23.3. The zero-order valence-electron chi connectivity index (χ0n) is 6.79. The first-order valence-corrected chi connectivity index (χ1v) is 4.21. The minimum Gasteiger partial charge on any atom is -0.368 e. The van der Waals surface area contributed by atoms with Gasteiger partial charge in [-0.15, -0.1) is 11.6 Å². The third-order valence-corrected chi connectivity index (χ3v) is 2.16. The molecule has 1 fully saturated rings. The zero-order chi connectivity index (χ0) is 9.30. The molecule has 0 aromatic heterocycles. The summed E-state index contributed by atoms with van der Waals surface area (Å²) in [6.45, 7) is 2.17. The van der Waals surface area contributed by atoms with Crippen molar-refractivity contribution in [2.24, 2.45) is 5.73 Å². The fourth-order valence-electron chi connectivity index (χ4n) is 1.18. The van der Waals surface area contributed by atoms with E-state index in [4.69, 9.17) is 17.3 Å². The molecule has 0 radical (unpaired) electrons. The van der Waals surface area contributed by atoms with E-state index in [1.165, 1.54) is 4.90 Å². The van der Waals surface area contributed by atoms with Gasteiger partial charge in [0.05, 0.1) is 0 Å². The van der Waals surface area contributed by atoms with Gasteiger partial charge >= 0.3 is 0 Å². The van der Waals surface area contributed by atoms with Crippen LogP contribution in [0.2, 0.25) is 0 Å². The topological polar surface area (TPSA) is 63.4 Å². The smallest absolute Gasteiger partial charge is 0.241 e. The standard InChI is InChI=1S/C7H11ClN2O2/c1-4(8)7(12)10-3-2-5(10)6(9)11/h4-5H,2-3H2,1H3,(H2,9,11)/t4-,5?/m1/s1. The Labute approximate surface area is 75.6 Å². The zero-order valence-corrected chi connectivity index (χ0v) is 7.54. The van der Waals surface area contributed by atoms with E-state index in [0.717, 1.165) is 0 Å². The Bertz CT molecular complexity index is 217. The molecule has 1 saturated heterocycles. The van der Waals surface area contributed by atoms with Crippen LogP contribution < -0.4 is 5.73 Å². The quantitative estimate of drug-likeness (QED) is 0.608. The maximum atomic E-state index is 11.2. The number of carbonyl (C=O) groups excluding carboxylic acids is 2. The molecule has 1 unspecified atom stereocenters. The molecular weight excluding hydrogens is 180 g/mol. The monoisotopic (exact) mass is 190 g/mol. The minimum atomic E-state index is -0.577. The first-order chi connectivity index (χ1) is 5.54. The van der Waals surface area contributed by atoms with Crippen molar-refractivity contribution in [1.29, 1.82) is 0 Å². The Kier molecular flexibility index (Phi) is 2.57. The highest BCUT2D eigenvalue weighted by Crippen LogP contribution is 2.19. The van der Waals surface area contributed by atoms with E-state index in [2.05, 4.69) is 0 Å². The highest BCUT2D eigenvalue weighted by Gasteiger charge is 2.37. The number of nitrogens with zero attached hydrogens (tertiary/aromatic N) is 1. The summed E-state index contributed by atoms with van der Waals surface area (Å²) in [5, 5.41) is -0.577. The number of primary amides is 1. The summed E-state index contributed by atoms with van der Waals surface area (Å²) in [5.74, 6) is -0.668. The average molecular weight is 191 g/mol. The number of carbonyl (C=O) groups is 2. The van der Waals surface area contributed by atoms with Crippen molar-refractivity contribution >= 4 is 23.4 Å². The van der Waals surface area contributed by atoms with Gasteiger partial charge in [0, 0.05) is 6.54 Å². The van der Waals surface area contributed by atoms with E-state index in [9.17, 15) is 9.59 Å². The lowest BCUT2D eigenvalue weighted by Gasteiger charge is -2.39. The molecule has 12 heavy (non-hydrogen) atoms. The van der Waals surface area contributed by atoms with Crippen molar-refractivity contribution < 1.29 is 9.59 Å². The second kappa shape index (κ2) is 3.31. The fourth-order valence-corrected chi connectivity index (χ4v) is 1.30. The molecule has 0 aliphatic carbocycles. The third kappa shape index (κ3) is 1.53. The van der Waals surface area contributed by atoms with Gasteiger partial charge in [-0.25, -0.2) is 0 Å². The van der Waals surface area contributed by atoms with Gasteiger partial charge in [-0.2, -0.15) is 0 Å². The summed E-state index contributed by atoms with van der Waals surface area (Å²) in [7, 11) is 0. The third-order valence-electron chi connectivity index (χ3n) is 1.97. The second-order valence-corrected chi connectivity index (χ2v) is 3.51.